The molecule has 7 heteroatoms. The number of hydrogen-bond acceptors (Lipinski definition) is 4. The summed E-state index contributed by atoms with van der Waals surface area (Å²) in [5.41, 5.74) is 2.78. The second-order valence-electron chi connectivity index (χ2n) is 9.56. The van der Waals surface area contributed by atoms with Crippen LogP contribution in [0.1, 0.15) is 59.7 Å². The number of anilines is 1. The molecule has 2 aromatic carbocycles. The Hall–Kier alpha value is -3.24. The van der Waals surface area contributed by atoms with Crippen LogP contribution in [-0.4, -0.2) is 47.3 Å². The Kier molecular flexibility index (Phi) is 7.28. The number of hydrogen-bond donors (Lipinski definition) is 1. The molecule has 2 fully saturated rings. The van der Waals surface area contributed by atoms with E-state index in [0.717, 1.165) is 24.2 Å². The minimum atomic E-state index is -0.413. The van der Waals surface area contributed by atoms with E-state index in [1.165, 1.54) is 37.5 Å². The molecular formula is C27H31FN4O2. The molecule has 0 unspecified atom stereocenters. The van der Waals surface area contributed by atoms with Crippen molar-refractivity contribution in [3.05, 3.63) is 64.5 Å². The van der Waals surface area contributed by atoms with Crippen molar-refractivity contribution in [3.63, 3.8) is 0 Å². The lowest BCUT2D eigenvalue weighted by Gasteiger charge is -2.41. The summed E-state index contributed by atoms with van der Waals surface area (Å²) >= 11 is 0. The van der Waals surface area contributed by atoms with Gasteiger partial charge >= 0.3 is 0 Å². The van der Waals surface area contributed by atoms with Crippen LogP contribution in [0.3, 0.4) is 0 Å². The van der Waals surface area contributed by atoms with Crippen LogP contribution < -0.4 is 5.32 Å². The lowest BCUT2D eigenvalue weighted by atomic mass is 9.82. The van der Waals surface area contributed by atoms with Gasteiger partial charge < -0.3 is 10.2 Å². The zero-order chi connectivity index (χ0) is 24.2. The number of benzene rings is 2. The topological polar surface area (TPSA) is 76.4 Å². The van der Waals surface area contributed by atoms with E-state index in [0.29, 0.717) is 42.2 Å². The van der Waals surface area contributed by atoms with E-state index >= 15 is 0 Å². The molecule has 2 aliphatic rings. The Morgan fingerprint density at radius 3 is 2.68 bits per heavy atom. The third-order valence-electron chi connectivity index (χ3n) is 7.10. The van der Waals surface area contributed by atoms with E-state index in [4.69, 9.17) is 5.26 Å². The molecule has 1 N–H and O–H groups in total. The van der Waals surface area contributed by atoms with Crippen LogP contribution in [0.2, 0.25) is 0 Å². The summed E-state index contributed by atoms with van der Waals surface area (Å²) in [7, 11) is 0. The van der Waals surface area contributed by atoms with Crippen LogP contribution >= 0.6 is 0 Å². The van der Waals surface area contributed by atoms with Gasteiger partial charge in [-0.05, 0) is 74.1 Å². The third-order valence-corrected chi connectivity index (χ3v) is 7.10. The highest BCUT2D eigenvalue weighted by atomic mass is 19.1. The van der Waals surface area contributed by atoms with Gasteiger partial charge in [0, 0.05) is 49.9 Å². The number of nitrogens with one attached hydrogen (secondary N) is 1. The molecule has 1 saturated carbocycles. The number of rotatable bonds is 6. The molecule has 0 aromatic heterocycles. The fourth-order valence-electron chi connectivity index (χ4n) is 4.80. The summed E-state index contributed by atoms with van der Waals surface area (Å²) < 4.78 is 14.5. The van der Waals surface area contributed by atoms with Gasteiger partial charge in [0.05, 0.1) is 11.6 Å². The minimum Gasteiger partial charge on any atom is -0.337 e. The predicted octanol–water partition coefficient (Wildman–Crippen LogP) is 4.48. The highest BCUT2D eigenvalue weighted by molar-refractivity contribution is 6.04. The van der Waals surface area contributed by atoms with Gasteiger partial charge in [-0.15, -0.1) is 0 Å². The maximum absolute atomic E-state index is 14.5. The molecule has 2 aromatic rings. The Balaban J connectivity index is 1.41. The number of nitrogens with zero attached hydrogens (tertiary/aromatic N) is 3. The van der Waals surface area contributed by atoms with Gasteiger partial charge in [-0.3, -0.25) is 14.5 Å². The largest absolute Gasteiger partial charge is 0.337 e. The maximum Gasteiger partial charge on any atom is 0.255 e. The smallest absolute Gasteiger partial charge is 0.255 e. The van der Waals surface area contributed by atoms with Crippen molar-refractivity contribution in [2.24, 2.45) is 5.92 Å². The van der Waals surface area contributed by atoms with Crippen LogP contribution in [0, 0.1) is 30.0 Å². The molecular weight excluding hydrogens is 431 g/mol. The zero-order valence-electron chi connectivity index (χ0n) is 19.8. The number of nitriles is 1. The van der Waals surface area contributed by atoms with Crippen molar-refractivity contribution in [1.82, 2.24) is 9.80 Å². The summed E-state index contributed by atoms with van der Waals surface area (Å²) in [6.45, 7) is 6.64. The molecule has 0 radical (unpaired) electrons. The van der Waals surface area contributed by atoms with Gasteiger partial charge in [0.2, 0.25) is 5.91 Å². The average Bonchev–Trinajstić information content (AvgIpc) is 2.79. The second kappa shape index (κ2) is 10.4. The molecule has 178 valence electrons. The van der Waals surface area contributed by atoms with Crippen molar-refractivity contribution < 1.29 is 14.0 Å². The van der Waals surface area contributed by atoms with Crippen LogP contribution in [0.4, 0.5) is 10.1 Å². The highest BCUT2D eigenvalue weighted by Crippen LogP contribution is 2.31. The van der Waals surface area contributed by atoms with Gasteiger partial charge in [0.1, 0.15) is 5.82 Å². The average molecular weight is 463 g/mol. The predicted molar refractivity (Wildman–Crippen MR) is 129 cm³/mol. The number of piperazine rings is 1. The van der Waals surface area contributed by atoms with E-state index < -0.39 is 5.82 Å². The first-order chi connectivity index (χ1) is 16.3. The van der Waals surface area contributed by atoms with E-state index in [1.54, 1.807) is 18.2 Å². The summed E-state index contributed by atoms with van der Waals surface area (Å²) in [5.74, 6) is 0.0148. The lowest BCUT2D eigenvalue weighted by molar-refractivity contribution is -0.137. The van der Waals surface area contributed by atoms with Gasteiger partial charge in [-0.2, -0.15) is 5.26 Å². The summed E-state index contributed by atoms with van der Waals surface area (Å²) in [6, 6.07) is 11.4. The van der Waals surface area contributed by atoms with E-state index in [1.807, 2.05) is 17.9 Å². The van der Waals surface area contributed by atoms with E-state index in [2.05, 4.69) is 17.1 Å². The number of carbonyl (C=O) groups is 2. The number of carbonyl (C=O) groups excluding carboxylic acids is 2. The van der Waals surface area contributed by atoms with E-state index in [-0.39, 0.29) is 17.9 Å². The zero-order valence-corrected chi connectivity index (χ0v) is 19.8. The van der Waals surface area contributed by atoms with Crippen molar-refractivity contribution in [2.75, 3.05) is 25.0 Å². The van der Waals surface area contributed by atoms with Crippen LogP contribution in [0.15, 0.2) is 36.4 Å². The molecule has 1 aliphatic carbocycles. The number of halogens is 1. The van der Waals surface area contributed by atoms with Crippen LogP contribution in [0.25, 0.3) is 0 Å². The first-order valence-corrected chi connectivity index (χ1v) is 12.0. The minimum absolute atomic E-state index is 0.113. The summed E-state index contributed by atoms with van der Waals surface area (Å²) in [6.07, 6.45) is 4.24. The Bertz CT molecular complexity index is 1120. The normalized spacial score (nSPS) is 18.8. The highest BCUT2D eigenvalue weighted by Gasteiger charge is 2.30. The molecule has 4 rings (SSSR count). The van der Waals surface area contributed by atoms with Gasteiger partial charge in [0.25, 0.3) is 5.91 Å². The second-order valence-corrected chi connectivity index (χ2v) is 9.56. The van der Waals surface area contributed by atoms with Crippen LogP contribution in [-0.2, 0) is 11.3 Å². The number of amides is 2. The Morgan fingerprint density at radius 1 is 1.21 bits per heavy atom. The molecule has 0 bridgehead atoms. The van der Waals surface area contributed by atoms with Crippen molar-refractivity contribution in [3.8, 4) is 6.07 Å². The van der Waals surface area contributed by atoms with Crippen molar-refractivity contribution in [2.45, 2.75) is 52.1 Å². The summed E-state index contributed by atoms with van der Waals surface area (Å²) in [4.78, 5) is 29.6. The van der Waals surface area contributed by atoms with E-state index in [9.17, 15) is 14.0 Å². The van der Waals surface area contributed by atoms with Gasteiger partial charge in [-0.25, -0.2) is 4.39 Å². The molecule has 6 nitrogen and oxygen atoms in total. The monoisotopic (exact) mass is 462 g/mol. The molecule has 1 aliphatic heterocycles. The summed E-state index contributed by atoms with van der Waals surface area (Å²) in [5, 5.41) is 11.9. The third kappa shape index (κ3) is 5.45. The quantitative estimate of drug-likeness (QED) is 0.687. The first-order valence-electron chi connectivity index (χ1n) is 12.0. The lowest BCUT2D eigenvalue weighted by Crippen LogP contribution is -2.54. The fraction of sp³-hybridized carbons (Fsp3) is 0.444. The van der Waals surface area contributed by atoms with Crippen LogP contribution in [0.5, 0.6) is 0 Å². The van der Waals surface area contributed by atoms with Crippen molar-refractivity contribution >= 4 is 17.5 Å². The Labute approximate surface area is 200 Å². The van der Waals surface area contributed by atoms with Gasteiger partial charge in [-0.1, -0.05) is 12.5 Å². The molecule has 1 heterocycles. The molecule has 0 spiro atoms. The molecule has 34 heavy (non-hydrogen) atoms. The molecule has 1 saturated heterocycles. The Morgan fingerprint density at radius 2 is 2.00 bits per heavy atom. The molecule has 2 amide bonds. The maximum atomic E-state index is 14.5. The van der Waals surface area contributed by atoms with Gasteiger partial charge in [0.15, 0.2) is 0 Å². The fourth-order valence-corrected chi connectivity index (χ4v) is 4.80. The first kappa shape index (κ1) is 23.9. The van der Waals surface area contributed by atoms with Crippen molar-refractivity contribution in [1.29, 1.82) is 5.26 Å². The SMILES string of the molecule is Cc1c(CN2CCN(C(=O)CC3CCC3)[C@@H](C)C2)cc(F)cc1NC(=O)c1cccc(C#N)c1. The molecule has 1 atom stereocenters. The standard InChI is InChI=1S/C27H31FN4O2/c1-18-16-31(9-10-32(18)26(33)12-20-5-3-6-20)17-23-13-24(28)14-25(19(23)2)30-27(34)22-8-4-7-21(11-22)15-29/h4,7-8,11,13-14,18,20H,3,5-6,9-10,12,16-17H2,1-2H3,(H,30,34)/t18-/m0/s1.